The number of rotatable bonds is 5. The first-order valence-corrected chi connectivity index (χ1v) is 7.89. The van der Waals surface area contributed by atoms with Crippen molar-refractivity contribution in [3.05, 3.63) is 66.1 Å². The van der Waals surface area contributed by atoms with Gasteiger partial charge >= 0.3 is 0 Å². The number of nitrogens with zero attached hydrogens (tertiary/aromatic N) is 3. The Labute approximate surface area is 146 Å². The third-order valence-electron chi connectivity index (χ3n) is 4.17. The molecule has 1 aromatic carbocycles. The molecular weight excluding hydrogens is 318 g/mol. The molecule has 3 aromatic rings. The minimum atomic E-state index is -0.225. The van der Waals surface area contributed by atoms with Crippen molar-refractivity contribution in [3.8, 4) is 17.1 Å². The molecule has 0 bridgehead atoms. The first-order chi connectivity index (χ1) is 12.1. The predicted octanol–water partition coefficient (Wildman–Crippen LogP) is 3.58. The van der Waals surface area contributed by atoms with Gasteiger partial charge in [0.05, 0.1) is 13.2 Å². The maximum Gasteiger partial charge on any atom is 0.276 e. The van der Waals surface area contributed by atoms with Crippen LogP contribution in [0.25, 0.3) is 11.3 Å². The Balaban J connectivity index is 1.82. The average molecular weight is 337 g/mol. The van der Waals surface area contributed by atoms with Crippen molar-refractivity contribution in [3.63, 3.8) is 0 Å². The molecule has 0 saturated heterocycles. The fourth-order valence-corrected chi connectivity index (χ4v) is 2.60. The normalized spacial score (nSPS) is 11.8. The predicted molar refractivity (Wildman–Crippen MR) is 93.2 cm³/mol. The fourth-order valence-electron chi connectivity index (χ4n) is 2.60. The van der Waals surface area contributed by atoms with Crippen LogP contribution in [0.3, 0.4) is 0 Å². The summed E-state index contributed by atoms with van der Waals surface area (Å²) in [6, 6.07) is 12.7. The molecule has 128 valence electrons. The van der Waals surface area contributed by atoms with Gasteiger partial charge in [-0.3, -0.25) is 9.78 Å². The minimum Gasteiger partial charge on any atom is -0.496 e. The van der Waals surface area contributed by atoms with Gasteiger partial charge in [-0.25, -0.2) is 0 Å². The zero-order valence-electron chi connectivity index (χ0n) is 14.3. The first kappa shape index (κ1) is 16.7. The molecule has 0 aliphatic heterocycles. The molecule has 0 N–H and O–H groups in total. The van der Waals surface area contributed by atoms with E-state index in [1.54, 1.807) is 43.6 Å². The van der Waals surface area contributed by atoms with Crippen molar-refractivity contribution in [1.82, 2.24) is 15.0 Å². The molecule has 0 radical (unpaired) electrons. The second kappa shape index (κ2) is 7.17. The van der Waals surface area contributed by atoms with Crippen molar-refractivity contribution < 1.29 is 14.1 Å². The van der Waals surface area contributed by atoms with Crippen LogP contribution in [0.2, 0.25) is 0 Å². The summed E-state index contributed by atoms with van der Waals surface area (Å²) in [5.74, 6) is 1.03. The molecule has 2 heterocycles. The van der Waals surface area contributed by atoms with Crippen LogP contribution in [0.5, 0.6) is 5.75 Å². The van der Waals surface area contributed by atoms with Crippen LogP contribution in [-0.4, -0.2) is 35.1 Å². The quantitative estimate of drug-likeness (QED) is 0.712. The summed E-state index contributed by atoms with van der Waals surface area (Å²) in [4.78, 5) is 18.4. The van der Waals surface area contributed by atoms with Crippen LogP contribution < -0.4 is 4.74 Å². The average Bonchev–Trinajstić information content (AvgIpc) is 3.17. The monoisotopic (exact) mass is 337 g/mol. The zero-order valence-corrected chi connectivity index (χ0v) is 14.3. The first-order valence-electron chi connectivity index (χ1n) is 7.89. The molecule has 25 heavy (non-hydrogen) atoms. The highest BCUT2D eigenvalue weighted by Crippen LogP contribution is 2.29. The van der Waals surface area contributed by atoms with Gasteiger partial charge in [0.25, 0.3) is 5.91 Å². The molecule has 1 amide bonds. The Hall–Kier alpha value is -3.15. The molecule has 2 aromatic heterocycles. The van der Waals surface area contributed by atoms with Gasteiger partial charge in [0.2, 0.25) is 0 Å². The molecular formula is C19H19N3O3. The van der Waals surface area contributed by atoms with Crippen molar-refractivity contribution in [1.29, 1.82) is 0 Å². The highest BCUT2D eigenvalue weighted by molar-refractivity contribution is 5.93. The number of hydrogen-bond acceptors (Lipinski definition) is 5. The lowest BCUT2D eigenvalue weighted by molar-refractivity contribution is 0.0730. The number of ether oxygens (including phenoxy) is 1. The number of amides is 1. The lowest BCUT2D eigenvalue weighted by Gasteiger charge is -2.25. The summed E-state index contributed by atoms with van der Waals surface area (Å²) in [7, 11) is 3.35. The summed E-state index contributed by atoms with van der Waals surface area (Å²) in [6.07, 6.45) is 3.34. The van der Waals surface area contributed by atoms with E-state index in [4.69, 9.17) is 9.26 Å². The van der Waals surface area contributed by atoms with Crippen LogP contribution >= 0.6 is 0 Å². The van der Waals surface area contributed by atoms with Crippen molar-refractivity contribution >= 4 is 5.91 Å². The van der Waals surface area contributed by atoms with Gasteiger partial charge in [0.15, 0.2) is 11.5 Å². The van der Waals surface area contributed by atoms with E-state index >= 15 is 0 Å². The second-order valence-corrected chi connectivity index (χ2v) is 5.65. The lowest BCUT2D eigenvalue weighted by atomic mass is 10.1. The van der Waals surface area contributed by atoms with Gasteiger partial charge in [0.1, 0.15) is 5.75 Å². The van der Waals surface area contributed by atoms with E-state index in [9.17, 15) is 4.79 Å². The number of pyridine rings is 1. The van der Waals surface area contributed by atoms with Gasteiger partial charge in [0, 0.05) is 36.6 Å². The number of aromatic nitrogens is 2. The van der Waals surface area contributed by atoms with Gasteiger partial charge < -0.3 is 14.2 Å². The largest absolute Gasteiger partial charge is 0.496 e. The second-order valence-electron chi connectivity index (χ2n) is 5.65. The lowest BCUT2D eigenvalue weighted by Crippen LogP contribution is -2.30. The molecule has 0 fully saturated rings. The fraction of sp³-hybridized carbons (Fsp3) is 0.211. The molecule has 3 rings (SSSR count). The number of benzene rings is 1. The van der Waals surface area contributed by atoms with E-state index in [1.807, 2.05) is 37.3 Å². The third-order valence-corrected chi connectivity index (χ3v) is 4.17. The molecule has 1 atom stereocenters. The Morgan fingerprint density at radius 1 is 1.24 bits per heavy atom. The Morgan fingerprint density at radius 3 is 2.76 bits per heavy atom. The van der Waals surface area contributed by atoms with E-state index in [0.29, 0.717) is 5.76 Å². The summed E-state index contributed by atoms with van der Waals surface area (Å²) in [5.41, 5.74) is 1.95. The standard InChI is InChI=1S/C19H19N3O3/c1-13(15-8-4-5-9-17(15)24-3)22(2)19(23)16-11-18(25-21-16)14-7-6-10-20-12-14/h4-13H,1-3H3/t13-/m1/s1. The topological polar surface area (TPSA) is 68.5 Å². The van der Waals surface area contributed by atoms with Crippen LogP contribution in [0, 0.1) is 0 Å². The SMILES string of the molecule is COc1ccccc1[C@@H](C)N(C)C(=O)c1cc(-c2cccnc2)on1. The van der Waals surface area contributed by atoms with Crippen LogP contribution in [0.1, 0.15) is 29.0 Å². The van der Waals surface area contributed by atoms with Crippen LogP contribution in [-0.2, 0) is 0 Å². The number of carbonyl (C=O) groups is 1. The van der Waals surface area contributed by atoms with E-state index < -0.39 is 0 Å². The van der Waals surface area contributed by atoms with E-state index in [0.717, 1.165) is 16.9 Å². The number of para-hydroxylation sites is 1. The summed E-state index contributed by atoms with van der Waals surface area (Å²) in [6.45, 7) is 1.94. The number of methoxy groups -OCH3 is 1. The molecule has 0 saturated carbocycles. The zero-order chi connectivity index (χ0) is 17.8. The van der Waals surface area contributed by atoms with Crippen LogP contribution in [0.4, 0.5) is 0 Å². The molecule has 0 aliphatic carbocycles. The highest BCUT2D eigenvalue weighted by atomic mass is 16.5. The number of hydrogen-bond donors (Lipinski definition) is 0. The van der Waals surface area contributed by atoms with Crippen molar-refractivity contribution in [2.45, 2.75) is 13.0 Å². The molecule has 0 aliphatic rings. The molecule has 0 unspecified atom stereocenters. The molecule has 6 heteroatoms. The smallest absolute Gasteiger partial charge is 0.276 e. The van der Waals surface area contributed by atoms with Crippen LogP contribution in [0.15, 0.2) is 59.4 Å². The summed E-state index contributed by atoms with van der Waals surface area (Å²) >= 11 is 0. The van der Waals surface area contributed by atoms with Gasteiger partial charge in [-0.2, -0.15) is 0 Å². The van der Waals surface area contributed by atoms with Gasteiger partial charge in [-0.1, -0.05) is 23.4 Å². The van der Waals surface area contributed by atoms with Crippen molar-refractivity contribution in [2.75, 3.05) is 14.2 Å². The van der Waals surface area contributed by atoms with E-state index in [2.05, 4.69) is 10.1 Å². The maximum absolute atomic E-state index is 12.8. The summed E-state index contributed by atoms with van der Waals surface area (Å²) < 4.78 is 10.7. The third kappa shape index (κ3) is 3.38. The Morgan fingerprint density at radius 2 is 2.04 bits per heavy atom. The number of carbonyl (C=O) groups excluding carboxylic acids is 1. The van der Waals surface area contributed by atoms with E-state index in [1.165, 1.54) is 0 Å². The molecule has 6 nitrogen and oxygen atoms in total. The maximum atomic E-state index is 12.8. The Kier molecular flexibility index (Phi) is 4.79. The molecule has 0 spiro atoms. The van der Waals surface area contributed by atoms with E-state index in [-0.39, 0.29) is 17.6 Å². The summed E-state index contributed by atoms with van der Waals surface area (Å²) in [5, 5.41) is 3.91. The van der Waals surface area contributed by atoms with Crippen molar-refractivity contribution in [2.24, 2.45) is 0 Å². The minimum absolute atomic E-state index is 0.179. The van der Waals surface area contributed by atoms with Gasteiger partial charge in [-0.15, -0.1) is 0 Å². The van der Waals surface area contributed by atoms with Gasteiger partial charge in [-0.05, 0) is 25.1 Å². The highest BCUT2D eigenvalue weighted by Gasteiger charge is 2.24. The Bertz CT molecular complexity index is 861.